The van der Waals surface area contributed by atoms with Crippen LogP contribution in [0.5, 0.6) is 0 Å². The first-order chi connectivity index (χ1) is 10.7. The highest BCUT2D eigenvalue weighted by atomic mass is 127. The van der Waals surface area contributed by atoms with Gasteiger partial charge < -0.3 is 19.9 Å². The third kappa shape index (κ3) is 7.13. The van der Waals surface area contributed by atoms with Gasteiger partial charge in [-0.1, -0.05) is 0 Å². The number of aliphatic imine (C=N–C) groups is 1. The molecule has 0 aromatic heterocycles. The third-order valence-electron chi connectivity index (χ3n) is 4.70. The Morgan fingerprint density at radius 2 is 2.00 bits per heavy atom. The van der Waals surface area contributed by atoms with Gasteiger partial charge in [0.25, 0.3) is 0 Å². The molecule has 5 nitrogen and oxygen atoms in total. The Balaban J connectivity index is 0.00000264. The molecular weight excluding hydrogens is 403 g/mol. The largest absolute Gasteiger partial charge is 0.381 e. The van der Waals surface area contributed by atoms with Crippen LogP contribution in [0.3, 0.4) is 0 Å². The summed E-state index contributed by atoms with van der Waals surface area (Å²) in [7, 11) is 2.22. The van der Waals surface area contributed by atoms with Crippen molar-refractivity contribution in [3.05, 3.63) is 0 Å². The lowest BCUT2D eigenvalue weighted by molar-refractivity contribution is 0.114. The summed E-state index contributed by atoms with van der Waals surface area (Å²) in [6, 6.07) is 0. The molecule has 0 radical (unpaired) electrons. The number of likely N-dealkylation sites (tertiary alicyclic amines) is 2. The van der Waals surface area contributed by atoms with E-state index in [1.54, 1.807) is 0 Å². The van der Waals surface area contributed by atoms with Crippen LogP contribution in [0.25, 0.3) is 0 Å². The van der Waals surface area contributed by atoms with E-state index in [2.05, 4.69) is 36.0 Å². The van der Waals surface area contributed by atoms with Gasteiger partial charge in [0.05, 0.1) is 6.61 Å². The van der Waals surface area contributed by atoms with E-state index in [9.17, 15) is 0 Å². The van der Waals surface area contributed by atoms with Gasteiger partial charge in [0.1, 0.15) is 0 Å². The summed E-state index contributed by atoms with van der Waals surface area (Å²) < 4.78 is 5.58. The maximum absolute atomic E-state index is 5.58. The maximum atomic E-state index is 5.58. The van der Waals surface area contributed by atoms with E-state index in [0.29, 0.717) is 11.8 Å². The fraction of sp³-hybridized carbons (Fsp3) is 0.941. The van der Waals surface area contributed by atoms with Crippen molar-refractivity contribution in [3.63, 3.8) is 0 Å². The van der Waals surface area contributed by atoms with Crippen molar-refractivity contribution in [1.29, 1.82) is 0 Å². The van der Waals surface area contributed by atoms with Crippen LogP contribution in [0.2, 0.25) is 0 Å². The minimum absolute atomic E-state index is 0. The Bertz CT molecular complexity index is 353. The van der Waals surface area contributed by atoms with Crippen molar-refractivity contribution in [2.45, 2.75) is 33.1 Å². The Labute approximate surface area is 159 Å². The van der Waals surface area contributed by atoms with Crippen molar-refractivity contribution < 1.29 is 4.74 Å². The number of rotatable bonds is 6. The molecule has 2 heterocycles. The lowest BCUT2D eigenvalue weighted by Crippen LogP contribution is -2.41. The van der Waals surface area contributed by atoms with Gasteiger partial charge in [-0.05, 0) is 52.6 Å². The number of hydrogen-bond acceptors (Lipinski definition) is 3. The van der Waals surface area contributed by atoms with Gasteiger partial charge in [-0.15, -0.1) is 24.0 Å². The minimum Gasteiger partial charge on any atom is -0.381 e. The molecule has 0 aliphatic carbocycles. The van der Waals surface area contributed by atoms with E-state index in [0.717, 1.165) is 45.4 Å². The van der Waals surface area contributed by atoms with Gasteiger partial charge in [-0.3, -0.25) is 4.99 Å². The SMILES string of the molecule is CCNC(=NCC1CCCN(C)C1)N1CCC(COCC)C1.I. The molecule has 0 aromatic rings. The number of halogens is 1. The Hall–Kier alpha value is -0.0800. The van der Waals surface area contributed by atoms with Gasteiger partial charge in [-0.2, -0.15) is 0 Å². The molecule has 2 rings (SSSR count). The summed E-state index contributed by atoms with van der Waals surface area (Å²) in [5.41, 5.74) is 0. The van der Waals surface area contributed by atoms with Crippen LogP contribution in [0, 0.1) is 11.8 Å². The molecule has 0 bridgehead atoms. The second-order valence-corrected chi connectivity index (χ2v) is 6.73. The first-order valence-corrected chi connectivity index (χ1v) is 9.02. The molecule has 6 heteroatoms. The zero-order valence-corrected chi connectivity index (χ0v) is 17.4. The van der Waals surface area contributed by atoms with E-state index in [-0.39, 0.29) is 24.0 Å². The van der Waals surface area contributed by atoms with Crippen molar-refractivity contribution in [1.82, 2.24) is 15.1 Å². The first-order valence-electron chi connectivity index (χ1n) is 9.02. The molecular formula is C17H35IN4O. The van der Waals surface area contributed by atoms with Crippen LogP contribution in [0.4, 0.5) is 0 Å². The van der Waals surface area contributed by atoms with Crippen LogP contribution >= 0.6 is 24.0 Å². The van der Waals surface area contributed by atoms with E-state index >= 15 is 0 Å². The van der Waals surface area contributed by atoms with Crippen LogP contribution in [-0.2, 0) is 4.74 Å². The quantitative estimate of drug-likeness (QED) is 0.393. The third-order valence-corrected chi connectivity index (χ3v) is 4.70. The smallest absolute Gasteiger partial charge is 0.193 e. The Morgan fingerprint density at radius 1 is 1.17 bits per heavy atom. The lowest BCUT2D eigenvalue weighted by Gasteiger charge is -2.29. The molecule has 2 atom stereocenters. The molecule has 0 amide bonds. The topological polar surface area (TPSA) is 40.1 Å². The molecule has 0 spiro atoms. The average molecular weight is 438 g/mol. The summed E-state index contributed by atoms with van der Waals surface area (Å²) in [6.45, 7) is 12.4. The second-order valence-electron chi connectivity index (χ2n) is 6.73. The lowest BCUT2D eigenvalue weighted by atomic mass is 9.99. The molecule has 136 valence electrons. The summed E-state index contributed by atoms with van der Waals surface area (Å²) in [4.78, 5) is 9.78. The number of piperidine rings is 1. The normalized spacial score (nSPS) is 26.2. The van der Waals surface area contributed by atoms with E-state index < -0.39 is 0 Å². The summed E-state index contributed by atoms with van der Waals surface area (Å²) in [5.74, 6) is 2.48. The molecule has 2 saturated heterocycles. The van der Waals surface area contributed by atoms with Crippen LogP contribution in [0.1, 0.15) is 33.1 Å². The van der Waals surface area contributed by atoms with Gasteiger partial charge in [0.15, 0.2) is 5.96 Å². The molecule has 23 heavy (non-hydrogen) atoms. The predicted molar refractivity (Wildman–Crippen MR) is 108 cm³/mol. The van der Waals surface area contributed by atoms with Gasteiger partial charge in [-0.25, -0.2) is 0 Å². The maximum Gasteiger partial charge on any atom is 0.193 e. The molecule has 2 aliphatic heterocycles. The summed E-state index contributed by atoms with van der Waals surface area (Å²) >= 11 is 0. The van der Waals surface area contributed by atoms with E-state index in [1.165, 1.54) is 32.4 Å². The van der Waals surface area contributed by atoms with Crippen LogP contribution in [-0.4, -0.2) is 75.3 Å². The zero-order chi connectivity index (χ0) is 15.8. The van der Waals surface area contributed by atoms with E-state index in [4.69, 9.17) is 9.73 Å². The molecule has 2 unspecified atom stereocenters. The number of guanidine groups is 1. The van der Waals surface area contributed by atoms with Crippen LogP contribution in [0.15, 0.2) is 4.99 Å². The standard InChI is InChI=1S/C17H34N4O.HI/c1-4-18-17(19-11-15-7-6-9-20(3)12-15)21-10-8-16(13-21)14-22-5-2;/h15-16H,4-14H2,1-3H3,(H,18,19);1H. The molecule has 2 fully saturated rings. The summed E-state index contributed by atoms with van der Waals surface area (Å²) in [6.07, 6.45) is 3.85. The molecule has 1 N–H and O–H groups in total. The highest BCUT2D eigenvalue weighted by molar-refractivity contribution is 14.0. The van der Waals surface area contributed by atoms with Crippen molar-refractivity contribution in [2.24, 2.45) is 16.8 Å². The monoisotopic (exact) mass is 438 g/mol. The molecule has 0 aromatic carbocycles. The highest BCUT2D eigenvalue weighted by Gasteiger charge is 2.25. The fourth-order valence-electron chi connectivity index (χ4n) is 3.51. The predicted octanol–water partition coefficient (Wildman–Crippen LogP) is 2.27. The number of nitrogens with zero attached hydrogens (tertiary/aromatic N) is 3. The number of hydrogen-bond donors (Lipinski definition) is 1. The van der Waals surface area contributed by atoms with Crippen LogP contribution < -0.4 is 5.32 Å². The first kappa shape index (κ1) is 21.0. The van der Waals surface area contributed by atoms with Gasteiger partial charge in [0, 0.05) is 45.2 Å². The van der Waals surface area contributed by atoms with E-state index in [1.807, 2.05) is 0 Å². The summed E-state index contributed by atoms with van der Waals surface area (Å²) in [5, 5.41) is 3.47. The second kappa shape index (κ2) is 11.5. The number of nitrogens with one attached hydrogen (secondary N) is 1. The van der Waals surface area contributed by atoms with Crippen molar-refractivity contribution >= 4 is 29.9 Å². The highest BCUT2D eigenvalue weighted by Crippen LogP contribution is 2.18. The van der Waals surface area contributed by atoms with Crippen molar-refractivity contribution in [3.8, 4) is 0 Å². The van der Waals surface area contributed by atoms with Crippen molar-refractivity contribution in [2.75, 3.05) is 59.5 Å². The molecule has 2 aliphatic rings. The van der Waals surface area contributed by atoms with Gasteiger partial charge in [0.2, 0.25) is 0 Å². The number of ether oxygens (including phenoxy) is 1. The minimum atomic E-state index is 0. The Morgan fingerprint density at radius 3 is 2.70 bits per heavy atom. The zero-order valence-electron chi connectivity index (χ0n) is 15.1. The fourth-order valence-corrected chi connectivity index (χ4v) is 3.51. The Kier molecular flexibility index (Phi) is 10.5. The average Bonchev–Trinajstić information content (AvgIpc) is 2.98. The van der Waals surface area contributed by atoms with Gasteiger partial charge >= 0.3 is 0 Å². The molecule has 0 saturated carbocycles.